The standard InChI is InChI=1S/C15H24N2S/c1-10-4-7-14(18-10)15(16-2)11-8-12-5-6-13(9-11)17(12)3/h4,7,11-13,15-16H,5-6,8-9H2,1-3H3. The van der Waals surface area contributed by atoms with Crippen molar-refractivity contribution in [3.8, 4) is 0 Å². The van der Waals surface area contributed by atoms with Crippen LogP contribution in [0.3, 0.4) is 0 Å². The molecular weight excluding hydrogens is 240 g/mol. The van der Waals surface area contributed by atoms with Gasteiger partial charge >= 0.3 is 0 Å². The van der Waals surface area contributed by atoms with Gasteiger partial charge in [-0.2, -0.15) is 0 Å². The number of nitrogens with one attached hydrogen (secondary N) is 1. The highest BCUT2D eigenvalue weighted by atomic mass is 32.1. The summed E-state index contributed by atoms with van der Waals surface area (Å²) in [6.45, 7) is 2.21. The van der Waals surface area contributed by atoms with Gasteiger partial charge in [-0.25, -0.2) is 0 Å². The van der Waals surface area contributed by atoms with Crippen LogP contribution in [0.15, 0.2) is 12.1 Å². The predicted octanol–water partition coefficient (Wildman–Crippen LogP) is 3.19. The van der Waals surface area contributed by atoms with Gasteiger partial charge in [0.1, 0.15) is 0 Å². The maximum absolute atomic E-state index is 3.58. The van der Waals surface area contributed by atoms with Gasteiger partial charge in [0, 0.05) is 27.9 Å². The molecule has 1 N–H and O–H groups in total. The second-order valence-corrected chi connectivity index (χ2v) is 7.32. The summed E-state index contributed by atoms with van der Waals surface area (Å²) in [4.78, 5) is 5.59. The largest absolute Gasteiger partial charge is 0.312 e. The summed E-state index contributed by atoms with van der Waals surface area (Å²) in [6, 6.07) is 6.83. The SMILES string of the molecule is CNC(c1ccc(C)s1)C1CC2CCC(C1)N2C. The van der Waals surface area contributed by atoms with Crippen molar-refractivity contribution in [2.45, 2.75) is 50.7 Å². The molecule has 0 saturated carbocycles. The Morgan fingerprint density at radius 1 is 1.28 bits per heavy atom. The van der Waals surface area contributed by atoms with Crippen LogP contribution in [0, 0.1) is 12.8 Å². The summed E-state index contributed by atoms with van der Waals surface area (Å²) < 4.78 is 0. The maximum atomic E-state index is 3.58. The lowest BCUT2D eigenvalue weighted by Gasteiger charge is -2.39. The summed E-state index contributed by atoms with van der Waals surface area (Å²) in [5, 5.41) is 3.58. The highest BCUT2D eigenvalue weighted by Crippen LogP contribution is 2.43. The molecule has 2 nitrogen and oxygen atoms in total. The van der Waals surface area contributed by atoms with Gasteiger partial charge < -0.3 is 10.2 Å². The Hall–Kier alpha value is -0.380. The van der Waals surface area contributed by atoms with E-state index < -0.39 is 0 Å². The third kappa shape index (κ3) is 2.13. The normalized spacial score (nSPS) is 33.8. The van der Waals surface area contributed by atoms with Crippen molar-refractivity contribution in [3.05, 3.63) is 21.9 Å². The van der Waals surface area contributed by atoms with Crippen LogP contribution in [0.4, 0.5) is 0 Å². The molecule has 2 aliphatic rings. The Bertz CT molecular complexity index is 400. The van der Waals surface area contributed by atoms with Gasteiger partial charge in [-0.1, -0.05) is 0 Å². The third-order valence-electron chi connectivity index (χ3n) is 4.98. The molecule has 0 radical (unpaired) electrons. The summed E-state index contributed by atoms with van der Waals surface area (Å²) in [5.41, 5.74) is 0. The van der Waals surface area contributed by atoms with Crippen LogP contribution in [0.1, 0.15) is 41.5 Å². The van der Waals surface area contributed by atoms with E-state index in [0.717, 1.165) is 18.0 Å². The number of hydrogen-bond donors (Lipinski definition) is 1. The van der Waals surface area contributed by atoms with E-state index in [1.165, 1.54) is 35.4 Å². The molecule has 100 valence electrons. The van der Waals surface area contributed by atoms with Gasteiger partial charge in [-0.3, -0.25) is 0 Å². The summed E-state index contributed by atoms with van der Waals surface area (Å²) in [6.07, 6.45) is 5.57. The number of thiophene rings is 1. The fraction of sp³-hybridized carbons (Fsp3) is 0.733. The van der Waals surface area contributed by atoms with Crippen LogP contribution in [0.25, 0.3) is 0 Å². The molecule has 2 aliphatic heterocycles. The first-order chi connectivity index (χ1) is 8.69. The third-order valence-corrected chi connectivity index (χ3v) is 6.07. The van der Waals surface area contributed by atoms with E-state index in [2.05, 4.69) is 43.4 Å². The van der Waals surface area contributed by atoms with Crippen LogP contribution < -0.4 is 5.32 Å². The maximum Gasteiger partial charge on any atom is 0.0442 e. The Morgan fingerprint density at radius 2 is 1.94 bits per heavy atom. The Labute approximate surface area is 114 Å². The van der Waals surface area contributed by atoms with E-state index in [4.69, 9.17) is 0 Å². The second kappa shape index (κ2) is 4.95. The predicted molar refractivity (Wildman–Crippen MR) is 78.2 cm³/mol. The number of piperidine rings is 1. The van der Waals surface area contributed by atoms with Crippen LogP contribution in [0.5, 0.6) is 0 Å². The molecule has 0 aliphatic carbocycles. The highest BCUT2D eigenvalue weighted by molar-refractivity contribution is 7.12. The lowest BCUT2D eigenvalue weighted by Crippen LogP contribution is -2.43. The summed E-state index contributed by atoms with van der Waals surface area (Å²) >= 11 is 1.96. The second-order valence-electron chi connectivity index (χ2n) is 6.00. The summed E-state index contributed by atoms with van der Waals surface area (Å²) in [5.74, 6) is 0.821. The topological polar surface area (TPSA) is 15.3 Å². The number of rotatable bonds is 3. The lowest BCUT2D eigenvalue weighted by atomic mass is 9.84. The first kappa shape index (κ1) is 12.6. The van der Waals surface area contributed by atoms with Crippen molar-refractivity contribution in [2.75, 3.05) is 14.1 Å². The van der Waals surface area contributed by atoms with E-state index in [1.807, 2.05) is 11.3 Å². The fourth-order valence-corrected chi connectivity index (χ4v) is 5.04. The molecule has 0 spiro atoms. The van der Waals surface area contributed by atoms with E-state index in [9.17, 15) is 0 Å². The molecule has 3 heteroatoms. The zero-order valence-electron chi connectivity index (χ0n) is 11.6. The molecule has 18 heavy (non-hydrogen) atoms. The number of fused-ring (bicyclic) bond motifs is 2. The Balaban J connectivity index is 1.77. The van der Waals surface area contributed by atoms with Crippen LogP contribution in [-0.2, 0) is 0 Å². The van der Waals surface area contributed by atoms with Crippen LogP contribution in [0.2, 0.25) is 0 Å². The molecule has 2 bridgehead atoms. The van der Waals surface area contributed by atoms with Crippen molar-refractivity contribution in [3.63, 3.8) is 0 Å². The molecule has 3 unspecified atom stereocenters. The van der Waals surface area contributed by atoms with Gasteiger partial charge in [0.15, 0.2) is 0 Å². The van der Waals surface area contributed by atoms with Crippen molar-refractivity contribution in [2.24, 2.45) is 5.92 Å². The van der Waals surface area contributed by atoms with Crippen LogP contribution in [-0.4, -0.2) is 31.1 Å². The minimum Gasteiger partial charge on any atom is -0.312 e. The molecule has 1 aromatic rings. The van der Waals surface area contributed by atoms with Gasteiger partial charge in [0.25, 0.3) is 0 Å². The van der Waals surface area contributed by atoms with Crippen LogP contribution >= 0.6 is 11.3 Å². The van der Waals surface area contributed by atoms with E-state index in [0.29, 0.717) is 6.04 Å². The number of hydrogen-bond acceptors (Lipinski definition) is 3. The smallest absolute Gasteiger partial charge is 0.0442 e. The molecular formula is C15H24N2S. The minimum absolute atomic E-state index is 0.570. The molecule has 0 amide bonds. The monoisotopic (exact) mass is 264 g/mol. The van der Waals surface area contributed by atoms with Gasteiger partial charge in [0.2, 0.25) is 0 Å². The molecule has 3 atom stereocenters. The molecule has 3 rings (SSSR count). The number of nitrogens with zero attached hydrogens (tertiary/aromatic N) is 1. The van der Waals surface area contributed by atoms with Crippen molar-refractivity contribution in [1.29, 1.82) is 0 Å². The molecule has 2 saturated heterocycles. The number of aryl methyl sites for hydroxylation is 1. The van der Waals surface area contributed by atoms with E-state index in [-0.39, 0.29) is 0 Å². The van der Waals surface area contributed by atoms with Crippen molar-refractivity contribution in [1.82, 2.24) is 10.2 Å². The Kier molecular flexibility index (Phi) is 3.48. The molecule has 2 fully saturated rings. The van der Waals surface area contributed by atoms with E-state index >= 15 is 0 Å². The quantitative estimate of drug-likeness (QED) is 0.902. The highest BCUT2D eigenvalue weighted by Gasteiger charge is 2.41. The van der Waals surface area contributed by atoms with Crippen molar-refractivity contribution >= 4 is 11.3 Å². The van der Waals surface area contributed by atoms with Gasteiger partial charge in [-0.05, 0) is 64.8 Å². The van der Waals surface area contributed by atoms with Gasteiger partial charge in [-0.15, -0.1) is 11.3 Å². The summed E-state index contributed by atoms with van der Waals surface area (Å²) in [7, 11) is 4.45. The Morgan fingerprint density at radius 3 is 2.44 bits per heavy atom. The fourth-order valence-electron chi connectivity index (χ4n) is 3.96. The van der Waals surface area contributed by atoms with Crippen molar-refractivity contribution < 1.29 is 0 Å². The molecule has 1 aromatic heterocycles. The lowest BCUT2D eigenvalue weighted by molar-refractivity contribution is 0.115. The minimum atomic E-state index is 0.570. The van der Waals surface area contributed by atoms with Gasteiger partial charge in [0.05, 0.1) is 0 Å². The average Bonchev–Trinajstić information content (AvgIpc) is 2.83. The average molecular weight is 264 g/mol. The zero-order valence-corrected chi connectivity index (χ0v) is 12.5. The first-order valence-electron chi connectivity index (χ1n) is 7.14. The van der Waals surface area contributed by atoms with E-state index in [1.54, 1.807) is 0 Å². The molecule has 3 heterocycles. The zero-order chi connectivity index (χ0) is 12.7. The first-order valence-corrected chi connectivity index (χ1v) is 7.96. The molecule has 0 aromatic carbocycles.